The number of rotatable bonds is 7. The van der Waals surface area contributed by atoms with Crippen LogP contribution in [0.25, 0.3) is 0 Å². The molecule has 0 amide bonds. The molecule has 0 saturated carbocycles. The Kier molecular flexibility index (Phi) is 5.68. The summed E-state index contributed by atoms with van der Waals surface area (Å²) in [5, 5.41) is 3.52. The number of ether oxygens (including phenoxy) is 1. The summed E-state index contributed by atoms with van der Waals surface area (Å²) in [6.45, 7) is 7.35. The number of likely N-dealkylation sites (N-methyl/N-ethyl adjacent to an activating group) is 1. The van der Waals surface area contributed by atoms with E-state index < -0.39 is 0 Å². The molecule has 4 heteroatoms. The molecule has 1 heterocycles. The Morgan fingerprint density at radius 1 is 1.25 bits per heavy atom. The fourth-order valence-electron chi connectivity index (χ4n) is 2.75. The van der Waals surface area contributed by atoms with E-state index in [-0.39, 0.29) is 0 Å². The average Bonchev–Trinajstić information content (AvgIpc) is 2.47. The molecule has 112 valence electrons. The predicted octanol–water partition coefficient (Wildman–Crippen LogP) is 1.96. The van der Waals surface area contributed by atoms with Gasteiger partial charge in [-0.2, -0.15) is 0 Å². The zero-order valence-corrected chi connectivity index (χ0v) is 12.9. The van der Waals surface area contributed by atoms with Gasteiger partial charge in [0.2, 0.25) is 0 Å². The Hall–Kier alpha value is -1.26. The molecule has 1 N–H and O–H groups in total. The first-order valence-electron chi connectivity index (χ1n) is 7.50. The lowest BCUT2D eigenvalue weighted by Crippen LogP contribution is -2.47. The molecule has 1 aromatic rings. The quantitative estimate of drug-likeness (QED) is 0.771. The Morgan fingerprint density at radius 3 is 2.75 bits per heavy atom. The van der Waals surface area contributed by atoms with Crippen LogP contribution in [0.4, 0.5) is 11.4 Å². The minimum atomic E-state index is 0.507. The molecule has 0 radical (unpaired) electrons. The second-order valence-corrected chi connectivity index (χ2v) is 5.50. The fraction of sp³-hybridized carbons (Fsp3) is 0.625. The van der Waals surface area contributed by atoms with Crippen LogP contribution < -0.4 is 15.1 Å². The van der Waals surface area contributed by atoms with Crippen molar-refractivity contribution in [2.75, 3.05) is 56.7 Å². The number of nitrogens with zero attached hydrogens (tertiary/aromatic N) is 2. The van der Waals surface area contributed by atoms with Gasteiger partial charge in [-0.3, -0.25) is 0 Å². The SMILES string of the molecule is COCCCNCC(C)N1CCN(C)c2ccccc21. The van der Waals surface area contributed by atoms with Crippen LogP contribution >= 0.6 is 0 Å². The maximum Gasteiger partial charge on any atom is 0.0607 e. The van der Waals surface area contributed by atoms with Gasteiger partial charge in [-0.1, -0.05) is 12.1 Å². The molecule has 0 spiro atoms. The van der Waals surface area contributed by atoms with Gasteiger partial charge in [0.25, 0.3) is 0 Å². The van der Waals surface area contributed by atoms with Crippen molar-refractivity contribution in [1.82, 2.24) is 5.32 Å². The van der Waals surface area contributed by atoms with Crippen molar-refractivity contribution in [3.05, 3.63) is 24.3 Å². The molecule has 1 atom stereocenters. The number of nitrogens with one attached hydrogen (secondary N) is 1. The van der Waals surface area contributed by atoms with Crippen LogP contribution in [0.5, 0.6) is 0 Å². The van der Waals surface area contributed by atoms with Gasteiger partial charge in [-0.25, -0.2) is 0 Å². The third kappa shape index (κ3) is 3.64. The van der Waals surface area contributed by atoms with Gasteiger partial charge in [0.1, 0.15) is 0 Å². The van der Waals surface area contributed by atoms with Crippen molar-refractivity contribution in [2.45, 2.75) is 19.4 Å². The minimum absolute atomic E-state index is 0.507. The number of hydrogen-bond acceptors (Lipinski definition) is 4. The summed E-state index contributed by atoms with van der Waals surface area (Å²) in [6, 6.07) is 9.19. The Bertz CT molecular complexity index is 410. The molecule has 1 aromatic carbocycles. The molecular weight excluding hydrogens is 250 g/mol. The molecule has 2 rings (SSSR count). The number of fused-ring (bicyclic) bond motifs is 1. The molecule has 0 aliphatic carbocycles. The second-order valence-electron chi connectivity index (χ2n) is 5.50. The van der Waals surface area contributed by atoms with Crippen LogP contribution in [-0.4, -0.2) is 53.0 Å². The van der Waals surface area contributed by atoms with Crippen molar-refractivity contribution in [3.63, 3.8) is 0 Å². The molecule has 1 aliphatic heterocycles. The second kappa shape index (κ2) is 7.50. The topological polar surface area (TPSA) is 27.7 Å². The van der Waals surface area contributed by atoms with E-state index in [9.17, 15) is 0 Å². The van der Waals surface area contributed by atoms with Crippen molar-refractivity contribution in [1.29, 1.82) is 0 Å². The molecule has 1 unspecified atom stereocenters. The van der Waals surface area contributed by atoms with Gasteiger partial charge >= 0.3 is 0 Å². The Labute approximate surface area is 122 Å². The summed E-state index contributed by atoms with van der Waals surface area (Å²) in [5.41, 5.74) is 2.69. The highest BCUT2D eigenvalue weighted by molar-refractivity contribution is 5.73. The van der Waals surface area contributed by atoms with Gasteiger partial charge in [0.05, 0.1) is 11.4 Å². The van der Waals surface area contributed by atoms with E-state index in [2.05, 4.69) is 53.4 Å². The Morgan fingerprint density at radius 2 is 2.00 bits per heavy atom. The van der Waals surface area contributed by atoms with Crippen LogP contribution in [0.2, 0.25) is 0 Å². The molecule has 1 aliphatic rings. The van der Waals surface area contributed by atoms with Gasteiger partial charge < -0.3 is 19.9 Å². The number of methoxy groups -OCH3 is 1. The molecule has 0 fully saturated rings. The lowest BCUT2D eigenvalue weighted by Gasteiger charge is -2.40. The Balaban J connectivity index is 1.90. The molecule has 0 saturated heterocycles. The summed E-state index contributed by atoms with van der Waals surface area (Å²) in [5.74, 6) is 0. The van der Waals surface area contributed by atoms with E-state index in [0.29, 0.717) is 6.04 Å². The molecule has 0 bridgehead atoms. The van der Waals surface area contributed by atoms with Gasteiger partial charge in [0.15, 0.2) is 0 Å². The lowest BCUT2D eigenvalue weighted by molar-refractivity contribution is 0.194. The highest BCUT2D eigenvalue weighted by Crippen LogP contribution is 2.32. The van der Waals surface area contributed by atoms with Gasteiger partial charge in [-0.05, 0) is 32.0 Å². The van der Waals surface area contributed by atoms with Crippen molar-refractivity contribution >= 4 is 11.4 Å². The lowest BCUT2D eigenvalue weighted by atomic mass is 10.1. The molecule has 20 heavy (non-hydrogen) atoms. The first-order valence-corrected chi connectivity index (χ1v) is 7.50. The summed E-state index contributed by atoms with van der Waals surface area (Å²) in [4.78, 5) is 4.85. The van der Waals surface area contributed by atoms with Crippen LogP contribution in [0.3, 0.4) is 0 Å². The fourth-order valence-corrected chi connectivity index (χ4v) is 2.75. The number of benzene rings is 1. The van der Waals surface area contributed by atoms with Crippen molar-refractivity contribution < 1.29 is 4.74 Å². The molecule has 0 aromatic heterocycles. The smallest absolute Gasteiger partial charge is 0.0607 e. The molecular formula is C16H27N3O. The number of hydrogen-bond donors (Lipinski definition) is 1. The first kappa shape index (κ1) is 15.1. The normalized spacial score (nSPS) is 16.1. The minimum Gasteiger partial charge on any atom is -0.385 e. The third-order valence-corrected chi connectivity index (χ3v) is 3.95. The van der Waals surface area contributed by atoms with Gasteiger partial charge in [-0.15, -0.1) is 0 Å². The van der Waals surface area contributed by atoms with Crippen LogP contribution in [-0.2, 0) is 4.74 Å². The van der Waals surface area contributed by atoms with Crippen LogP contribution in [0.1, 0.15) is 13.3 Å². The standard InChI is InChI=1S/C16H27N3O/c1-14(13-17-9-6-12-20-3)19-11-10-18(2)15-7-4-5-8-16(15)19/h4-5,7-8,14,17H,6,9-13H2,1-3H3. The summed E-state index contributed by atoms with van der Waals surface area (Å²) >= 11 is 0. The maximum atomic E-state index is 5.07. The summed E-state index contributed by atoms with van der Waals surface area (Å²) in [6.07, 6.45) is 1.07. The maximum absolute atomic E-state index is 5.07. The van der Waals surface area contributed by atoms with E-state index in [1.54, 1.807) is 7.11 Å². The highest BCUT2D eigenvalue weighted by atomic mass is 16.5. The monoisotopic (exact) mass is 277 g/mol. The third-order valence-electron chi connectivity index (χ3n) is 3.95. The number of para-hydroxylation sites is 2. The van der Waals surface area contributed by atoms with E-state index >= 15 is 0 Å². The van der Waals surface area contributed by atoms with E-state index in [0.717, 1.165) is 39.2 Å². The van der Waals surface area contributed by atoms with Crippen molar-refractivity contribution in [3.8, 4) is 0 Å². The summed E-state index contributed by atoms with van der Waals surface area (Å²) < 4.78 is 5.07. The van der Waals surface area contributed by atoms with Crippen LogP contribution in [0.15, 0.2) is 24.3 Å². The zero-order chi connectivity index (χ0) is 14.4. The zero-order valence-electron chi connectivity index (χ0n) is 12.9. The van der Waals surface area contributed by atoms with E-state index in [1.165, 1.54) is 11.4 Å². The van der Waals surface area contributed by atoms with E-state index in [4.69, 9.17) is 4.74 Å². The van der Waals surface area contributed by atoms with Crippen LogP contribution in [0, 0.1) is 0 Å². The molecule has 4 nitrogen and oxygen atoms in total. The first-order chi connectivity index (χ1) is 9.74. The number of anilines is 2. The highest BCUT2D eigenvalue weighted by Gasteiger charge is 2.23. The van der Waals surface area contributed by atoms with E-state index in [1.807, 2.05) is 0 Å². The average molecular weight is 277 g/mol. The van der Waals surface area contributed by atoms with Gasteiger partial charge in [0, 0.05) is 46.4 Å². The summed E-state index contributed by atoms with van der Waals surface area (Å²) in [7, 11) is 3.92. The predicted molar refractivity (Wildman–Crippen MR) is 85.9 cm³/mol. The van der Waals surface area contributed by atoms with Crippen molar-refractivity contribution in [2.24, 2.45) is 0 Å². The largest absolute Gasteiger partial charge is 0.385 e.